The van der Waals surface area contributed by atoms with Gasteiger partial charge in [0.05, 0.1) is 28.2 Å². The number of nitrogens with two attached hydrogens (primary N) is 1. The second-order valence-electron chi connectivity index (χ2n) is 8.21. The second-order valence-corrected chi connectivity index (χ2v) is 8.21. The molecular formula is C26H19F5N4O2. The maximum Gasteiger partial charge on any atom is 0.417 e. The van der Waals surface area contributed by atoms with Crippen LogP contribution in [0.5, 0.6) is 0 Å². The molecule has 0 radical (unpaired) electrons. The third kappa shape index (κ3) is 5.40. The van der Waals surface area contributed by atoms with Crippen molar-refractivity contribution in [1.29, 1.82) is 0 Å². The van der Waals surface area contributed by atoms with Gasteiger partial charge in [0.15, 0.2) is 5.78 Å². The molecule has 0 unspecified atom stereocenters. The van der Waals surface area contributed by atoms with Crippen LogP contribution in [-0.2, 0) is 19.6 Å². The highest BCUT2D eigenvalue weighted by molar-refractivity contribution is 5.98. The van der Waals surface area contributed by atoms with Crippen LogP contribution < -0.4 is 11.3 Å². The van der Waals surface area contributed by atoms with E-state index in [2.05, 4.69) is 9.97 Å². The lowest BCUT2D eigenvalue weighted by atomic mass is 9.98. The minimum atomic E-state index is -4.92. The van der Waals surface area contributed by atoms with Crippen LogP contribution >= 0.6 is 0 Å². The van der Waals surface area contributed by atoms with E-state index in [-0.39, 0.29) is 34.9 Å². The van der Waals surface area contributed by atoms with Crippen LogP contribution in [0.4, 0.5) is 27.8 Å². The van der Waals surface area contributed by atoms with Gasteiger partial charge >= 0.3 is 6.18 Å². The largest absolute Gasteiger partial charge is 0.417 e. The molecule has 6 nitrogen and oxygen atoms in total. The summed E-state index contributed by atoms with van der Waals surface area (Å²) in [5.41, 5.74) is 4.89. The van der Waals surface area contributed by atoms with Gasteiger partial charge in [-0.25, -0.2) is 18.7 Å². The molecule has 0 amide bonds. The molecule has 0 bridgehead atoms. The van der Waals surface area contributed by atoms with Crippen LogP contribution in [0.15, 0.2) is 65.6 Å². The summed E-state index contributed by atoms with van der Waals surface area (Å²) in [6, 6.07) is 10.5. The summed E-state index contributed by atoms with van der Waals surface area (Å²) in [5, 5.41) is 0. The Balaban J connectivity index is 1.75. The van der Waals surface area contributed by atoms with Crippen molar-refractivity contribution in [3.63, 3.8) is 0 Å². The van der Waals surface area contributed by atoms with Gasteiger partial charge in [-0.3, -0.25) is 9.59 Å². The summed E-state index contributed by atoms with van der Waals surface area (Å²) in [6.07, 6.45) is -4.17. The molecule has 2 aromatic carbocycles. The SMILES string of the molecule is Cn1cc(-c2nc(CCC(=O)c3c(F)cccc3C(F)(F)F)c(N)nc2-c2ccc(F)cc2)ccc1=O. The van der Waals surface area contributed by atoms with E-state index in [0.717, 1.165) is 12.1 Å². The Labute approximate surface area is 207 Å². The summed E-state index contributed by atoms with van der Waals surface area (Å²) in [7, 11) is 1.53. The molecule has 2 aromatic heterocycles. The fourth-order valence-electron chi connectivity index (χ4n) is 3.81. The number of rotatable bonds is 6. The Bertz CT molecular complexity index is 1550. The first kappa shape index (κ1) is 25.7. The molecule has 0 fully saturated rings. The first-order valence-electron chi connectivity index (χ1n) is 10.9. The first-order chi connectivity index (χ1) is 17.5. The number of ketones is 1. The second kappa shape index (κ2) is 9.92. The summed E-state index contributed by atoms with van der Waals surface area (Å²) in [6.45, 7) is 0. The fraction of sp³-hybridized carbons (Fsp3) is 0.154. The van der Waals surface area contributed by atoms with Crippen LogP contribution in [0.25, 0.3) is 22.5 Å². The summed E-state index contributed by atoms with van der Waals surface area (Å²) in [4.78, 5) is 33.4. The Kier molecular flexibility index (Phi) is 6.88. The minimum Gasteiger partial charge on any atom is -0.382 e. The maximum atomic E-state index is 14.2. The van der Waals surface area contributed by atoms with Crippen molar-refractivity contribution < 1.29 is 26.7 Å². The average molecular weight is 514 g/mol. The summed E-state index contributed by atoms with van der Waals surface area (Å²) >= 11 is 0. The molecule has 4 rings (SSSR count). The van der Waals surface area contributed by atoms with Crippen LogP contribution in [0.3, 0.4) is 0 Å². The number of hydrogen-bond donors (Lipinski definition) is 1. The molecule has 37 heavy (non-hydrogen) atoms. The Morgan fingerprint density at radius 3 is 2.24 bits per heavy atom. The number of alkyl halides is 3. The van der Waals surface area contributed by atoms with Crippen molar-refractivity contribution in [2.75, 3.05) is 5.73 Å². The molecular weight excluding hydrogens is 495 g/mol. The van der Waals surface area contributed by atoms with Crippen molar-refractivity contribution in [3.05, 3.63) is 99.6 Å². The quantitative estimate of drug-likeness (QED) is 0.282. The number of aromatic nitrogens is 3. The number of benzene rings is 2. The van der Waals surface area contributed by atoms with Crippen molar-refractivity contribution in [3.8, 4) is 22.5 Å². The number of pyridine rings is 1. The highest BCUT2D eigenvalue weighted by atomic mass is 19.4. The fourth-order valence-corrected chi connectivity index (χ4v) is 3.81. The summed E-state index contributed by atoms with van der Waals surface area (Å²) < 4.78 is 69.0. The lowest BCUT2D eigenvalue weighted by Crippen LogP contribution is -2.16. The molecule has 0 atom stereocenters. The van der Waals surface area contributed by atoms with E-state index < -0.39 is 41.1 Å². The van der Waals surface area contributed by atoms with Gasteiger partial charge in [0.1, 0.15) is 17.5 Å². The predicted molar refractivity (Wildman–Crippen MR) is 127 cm³/mol. The van der Waals surface area contributed by atoms with Crippen LogP contribution in [-0.4, -0.2) is 20.3 Å². The number of carbonyl (C=O) groups excluding carboxylic acids is 1. The third-order valence-electron chi connectivity index (χ3n) is 5.66. The molecule has 0 spiro atoms. The van der Waals surface area contributed by atoms with Gasteiger partial charge in [-0.2, -0.15) is 13.2 Å². The molecule has 2 N–H and O–H groups in total. The summed E-state index contributed by atoms with van der Waals surface area (Å²) in [5.74, 6) is -2.94. The van der Waals surface area contributed by atoms with E-state index in [1.807, 2.05) is 0 Å². The number of nitrogen functional groups attached to an aromatic ring is 1. The molecule has 190 valence electrons. The molecule has 2 heterocycles. The van der Waals surface area contributed by atoms with Crippen molar-refractivity contribution in [1.82, 2.24) is 14.5 Å². The van der Waals surface area contributed by atoms with Crippen LogP contribution in [0.1, 0.15) is 28.0 Å². The number of carbonyl (C=O) groups is 1. The highest BCUT2D eigenvalue weighted by Crippen LogP contribution is 2.34. The zero-order valence-electron chi connectivity index (χ0n) is 19.3. The zero-order chi connectivity index (χ0) is 26.9. The Morgan fingerprint density at radius 1 is 0.946 bits per heavy atom. The van der Waals surface area contributed by atoms with Gasteiger partial charge in [0, 0.05) is 43.3 Å². The van der Waals surface area contributed by atoms with Crippen molar-refractivity contribution in [2.24, 2.45) is 7.05 Å². The van der Waals surface area contributed by atoms with E-state index in [4.69, 9.17) is 5.73 Å². The average Bonchev–Trinajstić information content (AvgIpc) is 2.84. The van der Waals surface area contributed by atoms with Gasteiger partial charge in [-0.05, 0) is 42.5 Å². The van der Waals surface area contributed by atoms with Gasteiger partial charge in [-0.15, -0.1) is 0 Å². The number of anilines is 1. The number of hydrogen-bond acceptors (Lipinski definition) is 5. The van der Waals surface area contributed by atoms with Crippen LogP contribution in [0.2, 0.25) is 0 Å². The number of nitrogens with zero attached hydrogens (tertiary/aromatic N) is 3. The normalized spacial score (nSPS) is 11.5. The number of aryl methyl sites for hydroxylation is 2. The molecule has 0 aliphatic heterocycles. The van der Waals surface area contributed by atoms with Crippen LogP contribution in [0, 0.1) is 11.6 Å². The standard InChI is InChI=1S/C26H19F5N4O2/c1-35-13-15(7-12-21(35)37)24-23(14-5-8-16(27)9-6-14)34-25(32)19(33-24)10-11-20(36)22-17(26(29,30)31)3-2-4-18(22)28/h2-9,12-13H,10-11H2,1H3,(H2,32,34). The predicted octanol–water partition coefficient (Wildman–Crippen LogP) is 5.20. The van der Waals surface area contributed by atoms with Crippen molar-refractivity contribution >= 4 is 11.6 Å². The van der Waals surface area contributed by atoms with E-state index in [1.165, 1.54) is 54.2 Å². The monoisotopic (exact) mass is 514 g/mol. The highest BCUT2D eigenvalue weighted by Gasteiger charge is 2.36. The molecule has 0 aliphatic rings. The number of halogens is 5. The maximum absolute atomic E-state index is 14.2. The van der Waals surface area contributed by atoms with Gasteiger partial charge < -0.3 is 10.3 Å². The lowest BCUT2D eigenvalue weighted by molar-refractivity contribution is -0.138. The molecule has 0 saturated carbocycles. The molecule has 0 saturated heterocycles. The lowest BCUT2D eigenvalue weighted by Gasteiger charge is -2.15. The van der Waals surface area contributed by atoms with Gasteiger partial charge in [0.2, 0.25) is 5.56 Å². The molecule has 11 heteroatoms. The number of Topliss-reactive ketones (excluding diaryl/α,β-unsaturated/α-hetero) is 1. The van der Waals surface area contributed by atoms with Gasteiger partial charge in [0.25, 0.3) is 0 Å². The minimum absolute atomic E-state index is 0.0907. The smallest absolute Gasteiger partial charge is 0.382 e. The third-order valence-corrected chi connectivity index (χ3v) is 5.66. The first-order valence-corrected chi connectivity index (χ1v) is 10.9. The molecule has 0 aliphatic carbocycles. The Hall–Kier alpha value is -4.41. The topological polar surface area (TPSA) is 90.9 Å². The molecule has 4 aromatic rings. The van der Waals surface area contributed by atoms with E-state index in [1.54, 1.807) is 0 Å². The van der Waals surface area contributed by atoms with E-state index >= 15 is 0 Å². The van der Waals surface area contributed by atoms with E-state index in [0.29, 0.717) is 17.2 Å². The zero-order valence-corrected chi connectivity index (χ0v) is 19.3. The van der Waals surface area contributed by atoms with Crippen molar-refractivity contribution in [2.45, 2.75) is 19.0 Å². The van der Waals surface area contributed by atoms with Gasteiger partial charge in [-0.1, -0.05) is 6.07 Å². The van der Waals surface area contributed by atoms with E-state index in [9.17, 15) is 31.5 Å². The Morgan fingerprint density at radius 2 is 1.59 bits per heavy atom.